The van der Waals surface area contributed by atoms with E-state index in [0.717, 1.165) is 31.8 Å². The summed E-state index contributed by atoms with van der Waals surface area (Å²) < 4.78 is 11.5. The molecule has 1 radical (unpaired) electrons. The van der Waals surface area contributed by atoms with Crippen molar-refractivity contribution in [2.45, 2.75) is 58.3 Å². The van der Waals surface area contributed by atoms with E-state index in [1.54, 1.807) is 0 Å². The number of fused-ring (bicyclic) bond motifs is 1. The number of aliphatic carboxylic acids is 1. The molecule has 5 nitrogen and oxygen atoms in total. The van der Waals surface area contributed by atoms with Crippen LogP contribution in [0, 0.1) is 5.92 Å². The maximum Gasteiger partial charge on any atom is 0.159 e. The van der Waals surface area contributed by atoms with Gasteiger partial charge in [0.25, 0.3) is 0 Å². The number of carboxylic acid groups (broad SMARTS) is 1. The Morgan fingerprint density at radius 2 is 2.14 bits per heavy atom. The van der Waals surface area contributed by atoms with Crippen LogP contribution in [0.3, 0.4) is 0 Å². The molecule has 3 atom stereocenters. The zero-order valence-corrected chi connectivity index (χ0v) is 14.9. The molecule has 6 heteroatoms. The first-order valence-electron chi connectivity index (χ1n) is 7.28. The fourth-order valence-electron chi connectivity index (χ4n) is 2.84. The zero-order valence-electron chi connectivity index (χ0n) is 13.3. The summed E-state index contributed by atoms with van der Waals surface area (Å²) in [6.45, 7) is 9.53. The van der Waals surface area contributed by atoms with Crippen LogP contribution in [0.4, 0.5) is 0 Å². The van der Waals surface area contributed by atoms with Crippen LogP contribution in [0.25, 0.3) is 0 Å². The Labute approximate surface area is 146 Å². The number of hydrogen-bond acceptors (Lipinski definition) is 4. The van der Waals surface area contributed by atoms with Gasteiger partial charge in [0, 0.05) is 51.8 Å². The molecule has 0 saturated carbocycles. The summed E-state index contributed by atoms with van der Waals surface area (Å²) >= 11 is 0. The average Bonchev–Trinajstić information content (AvgIpc) is 2.78. The summed E-state index contributed by atoms with van der Waals surface area (Å²) in [6.07, 6.45) is 4.80. The molecule has 1 fully saturated rings. The number of carbonyl (C=O) groups excluding carboxylic acids is 1. The van der Waals surface area contributed by atoms with E-state index < -0.39 is 5.97 Å². The van der Waals surface area contributed by atoms with Crippen molar-refractivity contribution < 1.29 is 44.9 Å². The largest absolute Gasteiger partial charge is 0.550 e. The Morgan fingerprint density at radius 3 is 2.64 bits per heavy atom. The van der Waals surface area contributed by atoms with Gasteiger partial charge in [-0.05, 0) is 39.7 Å². The summed E-state index contributed by atoms with van der Waals surface area (Å²) in [7, 11) is 0. The van der Waals surface area contributed by atoms with Crippen molar-refractivity contribution in [3.05, 3.63) is 24.0 Å². The van der Waals surface area contributed by atoms with Crippen molar-refractivity contribution in [2.75, 3.05) is 6.61 Å². The molecule has 0 spiro atoms. The maximum atomic E-state index is 11.6. The van der Waals surface area contributed by atoms with E-state index in [-0.39, 0.29) is 44.0 Å². The van der Waals surface area contributed by atoms with Gasteiger partial charge in [0.05, 0.1) is 5.60 Å². The minimum absolute atomic E-state index is 0. The molecule has 0 aromatic carbocycles. The summed E-state index contributed by atoms with van der Waals surface area (Å²) in [6, 6.07) is 0. The van der Waals surface area contributed by atoms with Crippen LogP contribution in [0.5, 0.6) is 0 Å². The Morgan fingerprint density at radius 1 is 1.55 bits per heavy atom. The molecule has 0 aromatic rings. The molecule has 0 bridgehead atoms. The molecule has 1 saturated heterocycles. The van der Waals surface area contributed by atoms with Gasteiger partial charge in [0.2, 0.25) is 0 Å². The molecular weight excluding hydrogens is 379 g/mol. The number of ether oxygens (including phenoxy) is 2. The van der Waals surface area contributed by atoms with Gasteiger partial charge in [0.15, 0.2) is 12.0 Å². The van der Waals surface area contributed by atoms with Crippen LogP contribution in [0.2, 0.25) is 0 Å². The van der Waals surface area contributed by atoms with Crippen molar-refractivity contribution in [1.82, 2.24) is 0 Å². The smallest absolute Gasteiger partial charge is 0.159 e. The summed E-state index contributed by atoms with van der Waals surface area (Å²) in [5, 5.41) is 20.5. The van der Waals surface area contributed by atoms with Crippen LogP contribution in [0.1, 0.15) is 46.5 Å². The Kier molecular flexibility index (Phi) is 9.18. The predicted octanol–water partition coefficient (Wildman–Crippen LogP) is 1.95. The van der Waals surface area contributed by atoms with Crippen molar-refractivity contribution in [1.29, 1.82) is 0 Å². The fraction of sp³-hybridized carbons (Fsp3) is 0.688. The third-order valence-electron chi connectivity index (χ3n) is 3.68. The molecule has 22 heavy (non-hydrogen) atoms. The number of carboxylic acids is 1. The van der Waals surface area contributed by atoms with Gasteiger partial charge in [-0.3, -0.25) is 5.11 Å². The van der Waals surface area contributed by atoms with Crippen molar-refractivity contribution in [2.24, 2.45) is 5.92 Å². The van der Waals surface area contributed by atoms with E-state index >= 15 is 0 Å². The van der Waals surface area contributed by atoms with E-state index in [1.165, 1.54) is 0 Å². The van der Waals surface area contributed by atoms with Gasteiger partial charge in [-0.1, -0.05) is 5.57 Å². The van der Waals surface area contributed by atoms with E-state index in [2.05, 4.69) is 6.58 Å². The average molecular weight is 403 g/mol. The van der Waals surface area contributed by atoms with E-state index in [9.17, 15) is 5.11 Å². The molecular formula is C16H24O5Pd-. The monoisotopic (exact) mass is 402 g/mol. The van der Waals surface area contributed by atoms with Gasteiger partial charge in [-0.15, -0.1) is 6.58 Å². The van der Waals surface area contributed by atoms with Gasteiger partial charge < -0.3 is 19.4 Å². The van der Waals surface area contributed by atoms with E-state index in [1.807, 2.05) is 19.9 Å². The molecule has 1 aliphatic heterocycles. The number of allylic oxidation sites excluding steroid dienone is 1. The molecule has 1 aliphatic carbocycles. The Balaban J connectivity index is 0.000000791. The van der Waals surface area contributed by atoms with Crippen molar-refractivity contribution >= 4 is 5.97 Å². The molecule has 129 valence electrons. The normalized spacial score (nSPS) is 28.8. The Hall–Kier alpha value is -0.668. The maximum absolute atomic E-state index is 11.6. The molecule has 2 rings (SSSR count). The van der Waals surface area contributed by atoms with Crippen LogP contribution < -0.4 is 5.11 Å². The molecule has 0 amide bonds. The third-order valence-corrected chi connectivity index (χ3v) is 3.68. The molecule has 0 aromatic heterocycles. The minimum atomic E-state index is -1.08. The van der Waals surface area contributed by atoms with Crippen LogP contribution in [-0.2, 0) is 39.8 Å². The van der Waals surface area contributed by atoms with Gasteiger partial charge in [0.1, 0.15) is 0 Å². The second kappa shape index (κ2) is 9.47. The minimum Gasteiger partial charge on any atom is -0.550 e. The standard InChI is InChI=1S/C14H21O3.C2H4O2.Pd/c1-4-16-13-8-11-7-12(15)9-14(11,17-13)6-5-10(2)3;1-2(3)4;/h7,11,13H,2,4-6,8-9H2,1,3H3;1H3,(H,3,4);/p-1/t11-,13?,14-;;/m0../s1. The number of hydrogen-bond donors (Lipinski definition) is 0. The number of rotatable bonds is 5. The molecule has 2 aliphatic rings. The van der Waals surface area contributed by atoms with Gasteiger partial charge in [-0.2, -0.15) is 0 Å². The van der Waals surface area contributed by atoms with Gasteiger partial charge in [-0.25, -0.2) is 0 Å². The van der Waals surface area contributed by atoms with Crippen molar-refractivity contribution in [3.63, 3.8) is 0 Å². The summed E-state index contributed by atoms with van der Waals surface area (Å²) in [5.74, 6) is -0.641. The first-order chi connectivity index (χ1) is 9.79. The number of carbonyl (C=O) groups is 1. The first kappa shape index (κ1) is 21.3. The predicted molar refractivity (Wildman–Crippen MR) is 75.5 cm³/mol. The Bertz CT molecular complexity index is 417. The van der Waals surface area contributed by atoms with Gasteiger partial charge >= 0.3 is 0 Å². The van der Waals surface area contributed by atoms with Crippen LogP contribution in [-0.4, -0.2) is 24.5 Å². The third kappa shape index (κ3) is 6.22. The quantitative estimate of drug-likeness (QED) is 0.520. The first-order valence-corrected chi connectivity index (χ1v) is 7.28. The van der Waals surface area contributed by atoms with E-state index in [0.29, 0.717) is 13.0 Å². The second-order valence-electron chi connectivity index (χ2n) is 5.67. The zero-order chi connectivity index (χ0) is 16.0. The fourth-order valence-corrected chi connectivity index (χ4v) is 2.84. The summed E-state index contributed by atoms with van der Waals surface area (Å²) in [4.78, 5) is 8.89. The van der Waals surface area contributed by atoms with Crippen molar-refractivity contribution in [3.8, 4) is 0 Å². The molecule has 0 N–H and O–H groups in total. The van der Waals surface area contributed by atoms with E-state index in [4.69, 9.17) is 19.4 Å². The van der Waals surface area contributed by atoms with Crippen LogP contribution in [0.15, 0.2) is 24.0 Å². The second-order valence-corrected chi connectivity index (χ2v) is 5.67. The SMILES string of the molecule is C=C(C)CC[C@]12CC([O])=C[C@H]1CC(OCC)O2.CC(=O)[O-].[Pd]. The summed E-state index contributed by atoms with van der Waals surface area (Å²) in [5.41, 5.74) is 0.830. The van der Waals surface area contributed by atoms with Crippen LogP contribution >= 0.6 is 0 Å². The topological polar surface area (TPSA) is 78.5 Å². The molecule has 1 heterocycles. The molecule has 1 unspecified atom stereocenters.